The Morgan fingerprint density at radius 2 is 1.90 bits per heavy atom. The van der Waals surface area contributed by atoms with Gasteiger partial charge in [0.1, 0.15) is 0 Å². The SMILES string of the molecule is CCC1CNC(C2CC2)CN1c1cc(C)c(Br)c(C)c1. The van der Waals surface area contributed by atoms with E-state index in [2.05, 4.69) is 59.1 Å². The Balaban J connectivity index is 1.87. The van der Waals surface area contributed by atoms with Crippen LogP contribution < -0.4 is 10.2 Å². The molecule has 1 aromatic rings. The standard InChI is InChI=1S/C17H25BrN2/c1-4-14-9-19-16(13-5-6-13)10-20(14)15-7-11(2)17(18)12(3)8-15/h7-8,13-14,16,19H,4-6,9-10H2,1-3H3. The van der Waals surface area contributed by atoms with Crippen LogP contribution in [0.25, 0.3) is 0 Å². The van der Waals surface area contributed by atoms with Gasteiger partial charge in [-0.2, -0.15) is 0 Å². The van der Waals surface area contributed by atoms with Crippen molar-refractivity contribution in [1.29, 1.82) is 0 Å². The summed E-state index contributed by atoms with van der Waals surface area (Å²) in [5.74, 6) is 0.924. The summed E-state index contributed by atoms with van der Waals surface area (Å²) in [6.07, 6.45) is 4.04. The Hall–Kier alpha value is -0.540. The smallest absolute Gasteiger partial charge is 0.0412 e. The summed E-state index contributed by atoms with van der Waals surface area (Å²) in [7, 11) is 0. The van der Waals surface area contributed by atoms with Crippen molar-refractivity contribution in [3.8, 4) is 0 Å². The van der Waals surface area contributed by atoms with Crippen LogP contribution in [0.15, 0.2) is 16.6 Å². The number of nitrogens with one attached hydrogen (secondary N) is 1. The molecular formula is C17H25BrN2. The Morgan fingerprint density at radius 1 is 1.25 bits per heavy atom. The first-order chi connectivity index (χ1) is 9.60. The van der Waals surface area contributed by atoms with Crippen LogP contribution in [-0.2, 0) is 0 Å². The number of nitrogens with zero attached hydrogens (tertiary/aromatic N) is 1. The minimum Gasteiger partial charge on any atom is -0.366 e. The molecule has 0 amide bonds. The maximum atomic E-state index is 3.77. The summed E-state index contributed by atoms with van der Waals surface area (Å²) >= 11 is 3.68. The average molecular weight is 337 g/mol. The summed E-state index contributed by atoms with van der Waals surface area (Å²) in [6.45, 7) is 9.00. The fourth-order valence-electron chi connectivity index (χ4n) is 3.41. The van der Waals surface area contributed by atoms with E-state index in [1.807, 2.05) is 0 Å². The fourth-order valence-corrected chi connectivity index (χ4v) is 3.64. The highest BCUT2D eigenvalue weighted by atomic mass is 79.9. The Bertz CT molecular complexity index is 473. The van der Waals surface area contributed by atoms with Crippen LogP contribution in [0.2, 0.25) is 0 Å². The van der Waals surface area contributed by atoms with E-state index in [0.29, 0.717) is 12.1 Å². The molecule has 1 saturated heterocycles. The van der Waals surface area contributed by atoms with Gasteiger partial charge in [0.2, 0.25) is 0 Å². The van der Waals surface area contributed by atoms with E-state index in [-0.39, 0.29) is 0 Å². The number of aryl methyl sites for hydroxylation is 2. The molecule has 0 radical (unpaired) electrons. The Morgan fingerprint density at radius 3 is 2.45 bits per heavy atom. The first kappa shape index (κ1) is 14.4. The molecule has 1 N–H and O–H groups in total. The number of piperazine rings is 1. The molecule has 110 valence electrons. The van der Waals surface area contributed by atoms with E-state index in [9.17, 15) is 0 Å². The molecule has 0 spiro atoms. The fraction of sp³-hybridized carbons (Fsp3) is 0.647. The van der Waals surface area contributed by atoms with Gasteiger partial charge in [0, 0.05) is 35.3 Å². The summed E-state index contributed by atoms with van der Waals surface area (Å²) < 4.78 is 1.25. The van der Waals surface area contributed by atoms with Crippen molar-refractivity contribution in [2.45, 2.75) is 52.1 Å². The zero-order valence-electron chi connectivity index (χ0n) is 12.7. The number of anilines is 1. The van der Waals surface area contributed by atoms with Crippen LogP contribution in [0.3, 0.4) is 0 Å². The van der Waals surface area contributed by atoms with Gasteiger partial charge in [0.25, 0.3) is 0 Å². The van der Waals surface area contributed by atoms with E-state index in [1.165, 1.54) is 47.1 Å². The maximum Gasteiger partial charge on any atom is 0.0412 e. The van der Waals surface area contributed by atoms with Crippen LogP contribution in [0.5, 0.6) is 0 Å². The molecule has 3 heteroatoms. The third-order valence-corrected chi connectivity index (χ3v) is 6.12. The van der Waals surface area contributed by atoms with Gasteiger partial charge in [0.05, 0.1) is 0 Å². The highest BCUT2D eigenvalue weighted by Crippen LogP contribution is 2.36. The van der Waals surface area contributed by atoms with E-state index in [1.54, 1.807) is 0 Å². The lowest BCUT2D eigenvalue weighted by atomic mass is 10.0. The molecule has 1 heterocycles. The number of halogens is 1. The third-order valence-electron chi connectivity index (χ3n) is 4.86. The molecular weight excluding hydrogens is 312 g/mol. The van der Waals surface area contributed by atoms with Crippen molar-refractivity contribution in [3.63, 3.8) is 0 Å². The van der Waals surface area contributed by atoms with Crippen molar-refractivity contribution in [3.05, 3.63) is 27.7 Å². The van der Waals surface area contributed by atoms with Gasteiger partial charge in [-0.05, 0) is 62.3 Å². The maximum absolute atomic E-state index is 3.77. The summed E-state index contributed by atoms with van der Waals surface area (Å²) in [5, 5.41) is 3.77. The van der Waals surface area contributed by atoms with Gasteiger partial charge < -0.3 is 10.2 Å². The summed E-state index contributed by atoms with van der Waals surface area (Å²) in [6, 6.07) is 6.01. The van der Waals surface area contributed by atoms with Gasteiger partial charge in [0.15, 0.2) is 0 Å². The van der Waals surface area contributed by atoms with Crippen molar-refractivity contribution < 1.29 is 0 Å². The lowest BCUT2D eigenvalue weighted by Gasteiger charge is -2.42. The van der Waals surface area contributed by atoms with E-state index in [0.717, 1.165) is 12.5 Å². The molecule has 1 aliphatic carbocycles. The highest BCUT2D eigenvalue weighted by molar-refractivity contribution is 9.10. The second kappa shape index (κ2) is 5.69. The summed E-state index contributed by atoms with van der Waals surface area (Å²) in [4.78, 5) is 2.64. The molecule has 1 saturated carbocycles. The molecule has 2 fully saturated rings. The van der Waals surface area contributed by atoms with E-state index < -0.39 is 0 Å². The van der Waals surface area contributed by atoms with Crippen LogP contribution in [0, 0.1) is 19.8 Å². The molecule has 20 heavy (non-hydrogen) atoms. The predicted molar refractivity (Wildman–Crippen MR) is 89.6 cm³/mol. The molecule has 0 aromatic heterocycles. The van der Waals surface area contributed by atoms with Crippen LogP contribution in [-0.4, -0.2) is 25.2 Å². The van der Waals surface area contributed by atoms with Crippen LogP contribution >= 0.6 is 15.9 Å². The topological polar surface area (TPSA) is 15.3 Å². The summed E-state index contributed by atoms with van der Waals surface area (Å²) in [5.41, 5.74) is 4.09. The third kappa shape index (κ3) is 2.75. The molecule has 1 aliphatic heterocycles. The lowest BCUT2D eigenvalue weighted by molar-refractivity contribution is 0.360. The number of rotatable bonds is 3. The van der Waals surface area contributed by atoms with Gasteiger partial charge in [-0.25, -0.2) is 0 Å². The molecule has 2 nitrogen and oxygen atoms in total. The minimum absolute atomic E-state index is 0.630. The Labute approximate surface area is 131 Å². The van der Waals surface area contributed by atoms with Gasteiger partial charge >= 0.3 is 0 Å². The van der Waals surface area contributed by atoms with E-state index >= 15 is 0 Å². The molecule has 3 rings (SSSR count). The second-order valence-electron chi connectivity index (χ2n) is 6.46. The van der Waals surface area contributed by atoms with E-state index in [4.69, 9.17) is 0 Å². The predicted octanol–water partition coefficient (Wildman–Crippen LogP) is 4.03. The molecule has 2 unspecified atom stereocenters. The highest BCUT2D eigenvalue weighted by Gasteiger charge is 2.36. The van der Waals surface area contributed by atoms with Crippen molar-refractivity contribution >= 4 is 21.6 Å². The number of hydrogen-bond acceptors (Lipinski definition) is 2. The number of hydrogen-bond donors (Lipinski definition) is 1. The minimum atomic E-state index is 0.630. The first-order valence-electron chi connectivity index (χ1n) is 7.87. The average Bonchev–Trinajstić information content (AvgIpc) is 3.28. The zero-order chi connectivity index (χ0) is 14.3. The largest absolute Gasteiger partial charge is 0.366 e. The molecule has 2 aliphatic rings. The van der Waals surface area contributed by atoms with Gasteiger partial charge in [-0.3, -0.25) is 0 Å². The second-order valence-corrected chi connectivity index (χ2v) is 7.25. The first-order valence-corrected chi connectivity index (χ1v) is 8.66. The molecule has 1 aromatic carbocycles. The van der Waals surface area contributed by atoms with Gasteiger partial charge in [-0.1, -0.05) is 22.9 Å². The lowest BCUT2D eigenvalue weighted by Crippen LogP contribution is -2.57. The molecule has 0 bridgehead atoms. The van der Waals surface area contributed by atoms with Crippen LogP contribution in [0.1, 0.15) is 37.3 Å². The van der Waals surface area contributed by atoms with Crippen LogP contribution in [0.4, 0.5) is 5.69 Å². The molecule has 2 atom stereocenters. The van der Waals surface area contributed by atoms with Gasteiger partial charge in [-0.15, -0.1) is 0 Å². The van der Waals surface area contributed by atoms with Crippen molar-refractivity contribution in [2.75, 3.05) is 18.0 Å². The zero-order valence-corrected chi connectivity index (χ0v) is 14.3. The monoisotopic (exact) mass is 336 g/mol. The van der Waals surface area contributed by atoms with Crippen molar-refractivity contribution in [1.82, 2.24) is 5.32 Å². The Kier molecular flexibility index (Phi) is 4.09. The normalized spacial score (nSPS) is 26.9. The van der Waals surface area contributed by atoms with Crippen molar-refractivity contribution in [2.24, 2.45) is 5.92 Å². The quantitative estimate of drug-likeness (QED) is 0.896. The number of benzene rings is 1.